The van der Waals surface area contributed by atoms with E-state index in [-0.39, 0.29) is 18.2 Å². The number of hydrogen-bond donors (Lipinski definition) is 2. The van der Waals surface area contributed by atoms with Gasteiger partial charge in [-0.25, -0.2) is 0 Å². The van der Waals surface area contributed by atoms with Crippen molar-refractivity contribution in [3.05, 3.63) is 35.4 Å². The molecule has 158 valence electrons. The summed E-state index contributed by atoms with van der Waals surface area (Å²) in [6.45, 7) is 0.836. The van der Waals surface area contributed by atoms with Gasteiger partial charge in [-0.3, -0.25) is 4.79 Å². The molecule has 1 aliphatic heterocycles. The Balaban J connectivity index is 2.18. The lowest BCUT2D eigenvalue weighted by Gasteiger charge is -2.47. The van der Waals surface area contributed by atoms with Crippen molar-refractivity contribution in [1.29, 1.82) is 21.2 Å². The van der Waals surface area contributed by atoms with E-state index in [1.807, 2.05) is 18.0 Å². The third-order valence-corrected chi connectivity index (χ3v) is 5.89. The minimum atomic E-state index is -1.80. The molecule has 1 aromatic rings. The van der Waals surface area contributed by atoms with E-state index < -0.39 is 23.2 Å². The normalized spacial score (nSPS) is 24.5. The molecule has 1 aliphatic carbocycles. The van der Waals surface area contributed by atoms with Gasteiger partial charge in [-0.15, -0.1) is 0 Å². The number of carbonyl (C=O) groups excluding carboxylic acids is 1. The molecule has 1 unspecified atom stereocenters. The number of rotatable bonds is 5. The van der Waals surface area contributed by atoms with Crippen LogP contribution in [0.15, 0.2) is 29.8 Å². The number of amides is 1. The third kappa shape index (κ3) is 3.59. The number of benzene rings is 1. The zero-order chi connectivity index (χ0) is 22.8. The number of primary amides is 1. The molecule has 3 atom stereocenters. The predicted octanol–water partition coefficient (Wildman–Crippen LogP) is 1.34. The maximum atomic E-state index is 11.1. The molecule has 0 spiro atoms. The molecule has 1 saturated carbocycles. The first-order chi connectivity index (χ1) is 14.8. The number of nitrogens with two attached hydrogens (primary N) is 1. The number of nitrogens with one attached hydrogen (secondary N) is 1. The summed E-state index contributed by atoms with van der Waals surface area (Å²) >= 11 is 0. The van der Waals surface area contributed by atoms with E-state index >= 15 is 0 Å². The molecule has 1 aromatic carbocycles. The average molecular weight is 418 g/mol. The van der Waals surface area contributed by atoms with Crippen LogP contribution in [0.4, 0.5) is 0 Å². The summed E-state index contributed by atoms with van der Waals surface area (Å²) < 4.78 is 10.8. The van der Waals surface area contributed by atoms with Crippen molar-refractivity contribution in [1.82, 2.24) is 4.90 Å². The van der Waals surface area contributed by atoms with Gasteiger partial charge in [-0.2, -0.15) is 15.8 Å². The maximum Gasteiger partial charge on any atom is 0.255 e. The molecular weight excluding hydrogens is 396 g/mol. The molecule has 3 N–H and O–H groups in total. The van der Waals surface area contributed by atoms with Crippen molar-refractivity contribution in [3.63, 3.8) is 0 Å². The van der Waals surface area contributed by atoms with Gasteiger partial charge in [0.25, 0.3) is 5.91 Å². The number of ether oxygens (including phenoxy) is 2. The molecule has 2 aliphatic rings. The lowest BCUT2D eigenvalue weighted by molar-refractivity contribution is -0.119. The first kappa shape index (κ1) is 21.8. The van der Waals surface area contributed by atoms with E-state index in [4.69, 9.17) is 20.6 Å². The van der Waals surface area contributed by atoms with Gasteiger partial charge in [0.1, 0.15) is 5.92 Å². The molecule has 1 heterocycles. The summed E-state index contributed by atoms with van der Waals surface area (Å²) in [5.74, 6) is -1.93. The molecule has 9 nitrogen and oxygen atoms in total. The zero-order valence-corrected chi connectivity index (χ0v) is 17.3. The molecular formula is C22H22N6O3. The first-order valence-corrected chi connectivity index (χ1v) is 9.61. The monoisotopic (exact) mass is 418 g/mol. The summed E-state index contributed by atoms with van der Waals surface area (Å²) in [5.41, 5.74) is 4.51. The number of methoxy groups -OCH3 is 1. The Morgan fingerprint density at radius 2 is 2.03 bits per heavy atom. The lowest BCUT2D eigenvalue weighted by atomic mass is 9.54. The molecule has 3 rings (SSSR count). The highest BCUT2D eigenvalue weighted by molar-refractivity contribution is 6.00. The second-order valence-corrected chi connectivity index (χ2v) is 7.68. The van der Waals surface area contributed by atoms with Gasteiger partial charge in [-0.05, 0) is 30.3 Å². The Kier molecular flexibility index (Phi) is 5.97. The molecule has 9 heteroatoms. The van der Waals surface area contributed by atoms with Crippen LogP contribution in [0, 0.1) is 56.7 Å². The molecule has 1 fully saturated rings. The smallest absolute Gasteiger partial charge is 0.255 e. The van der Waals surface area contributed by atoms with Crippen molar-refractivity contribution >= 4 is 11.6 Å². The quantitative estimate of drug-likeness (QED) is 0.682. The number of nitriles is 3. The summed E-state index contributed by atoms with van der Waals surface area (Å²) in [5, 5.41) is 38.5. The van der Waals surface area contributed by atoms with Gasteiger partial charge in [0.2, 0.25) is 0 Å². The van der Waals surface area contributed by atoms with Crippen molar-refractivity contribution in [2.75, 3.05) is 33.9 Å². The summed E-state index contributed by atoms with van der Waals surface area (Å²) in [6, 6.07) is 11.2. The van der Waals surface area contributed by atoms with Crippen LogP contribution in [0.3, 0.4) is 0 Å². The third-order valence-electron chi connectivity index (χ3n) is 5.89. The number of nitrogens with zero attached hydrogens (tertiary/aromatic N) is 4. The Hall–Kier alpha value is -3.87. The van der Waals surface area contributed by atoms with Crippen LogP contribution < -0.4 is 15.2 Å². The lowest BCUT2D eigenvalue weighted by Crippen LogP contribution is -2.52. The molecule has 31 heavy (non-hydrogen) atoms. The van der Waals surface area contributed by atoms with Gasteiger partial charge < -0.3 is 25.5 Å². The number of likely N-dealkylation sites (N-methyl/N-ethyl adjacent to an activating group) is 1. The van der Waals surface area contributed by atoms with Crippen molar-refractivity contribution in [3.8, 4) is 29.7 Å². The maximum absolute atomic E-state index is 11.1. The molecule has 0 bridgehead atoms. The average Bonchev–Trinajstić information content (AvgIpc) is 2.77. The van der Waals surface area contributed by atoms with E-state index in [0.29, 0.717) is 30.2 Å². The number of hydrogen-bond acceptors (Lipinski definition) is 8. The van der Waals surface area contributed by atoms with E-state index in [9.17, 15) is 20.6 Å². The molecule has 0 radical (unpaired) electrons. The van der Waals surface area contributed by atoms with Gasteiger partial charge in [-0.1, -0.05) is 12.1 Å². The van der Waals surface area contributed by atoms with Gasteiger partial charge in [0.15, 0.2) is 23.5 Å². The number of carbonyl (C=O) groups is 1. The Bertz CT molecular complexity index is 1060. The van der Waals surface area contributed by atoms with Crippen molar-refractivity contribution in [2.45, 2.75) is 5.92 Å². The van der Waals surface area contributed by atoms with Crippen LogP contribution in [0.2, 0.25) is 0 Å². The zero-order valence-electron chi connectivity index (χ0n) is 17.3. The van der Waals surface area contributed by atoms with Crippen LogP contribution in [0.5, 0.6) is 11.5 Å². The minimum Gasteiger partial charge on any atom is -0.493 e. The fourth-order valence-corrected chi connectivity index (χ4v) is 4.47. The summed E-state index contributed by atoms with van der Waals surface area (Å²) in [6.07, 6.45) is 1.92. The van der Waals surface area contributed by atoms with Gasteiger partial charge in [0, 0.05) is 24.9 Å². The van der Waals surface area contributed by atoms with Crippen LogP contribution in [-0.4, -0.2) is 50.4 Å². The van der Waals surface area contributed by atoms with Crippen molar-refractivity contribution in [2.24, 2.45) is 23.0 Å². The van der Waals surface area contributed by atoms with E-state index in [0.717, 1.165) is 5.57 Å². The predicted molar refractivity (Wildman–Crippen MR) is 110 cm³/mol. The van der Waals surface area contributed by atoms with Crippen LogP contribution in [0.1, 0.15) is 11.5 Å². The van der Waals surface area contributed by atoms with Crippen LogP contribution in [-0.2, 0) is 4.79 Å². The minimum absolute atomic E-state index is 0.204. The Morgan fingerprint density at radius 1 is 1.32 bits per heavy atom. The second kappa shape index (κ2) is 8.47. The highest BCUT2D eigenvalue weighted by Gasteiger charge is 2.57. The van der Waals surface area contributed by atoms with E-state index in [2.05, 4.69) is 18.2 Å². The topological polar surface area (TPSA) is 160 Å². The number of fused-ring (bicyclic) bond motifs is 1. The summed E-state index contributed by atoms with van der Waals surface area (Å²) in [7, 11) is 3.36. The van der Waals surface area contributed by atoms with Gasteiger partial charge in [0.05, 0.1) is 31.0 Å². The van der Waals surface area contributed by atoms with Gasteiger partial charge >= 0.3 is 0 Å². The Morgan fingerprint density at radius 3 is 2.61 bits per heavy atom. The largest absolute Gasteiger partial charge is 0.493 e. The highest BCUT2D eigenvalue weighted by Crippen LogP contribution is 2.54. The van der Waals surface area contributed by atoms with Crippen molar-refractivity contribution < 1.29 is 14.3 Å². The van der Waals surface area contributed by atoms with Crippen LogP contribution in [0.25, 0.3) is 0 Å². The second-order valence-electron chi connectivity index (χ2n) is 7.68. The fraction of sp³-hybridized carbons (Fsp3) is 0.409. The van der Waals surface area contributed by atoms with Crippen LogP contribution >= 0.6 is 0 Å². The van der Waals surface area contributed by atoms with E-state index in [1.54, 1.807) is 18.2 Å². The first-order valence-electron chi connectivity index (χ1n) is 9.61. The molecule has 0 saturated heterocycles. The molecule has 0 aromatic heterocycles. The standard InChI is InChI=1S/C22H22N6O3/c1-28-6-5-14-15(8-23)21(27)22(11-24,12-25)20(16(14)9-28)13-3-4-17(18(7-13)30-2)31-10-19(26)29/h3-5,7,15-16,20,27H,6,9-10H2,1-2H3,(H2,26,29)/t15?,16-,20-/m1/s1. The van der Waals surface area contributed by atoms with E-state index in [1.165, 1.54) is 7.11 Å². The fourth-order valence-electron chi connectivity index (χ4n) is 4.47. The highest BCUT2D eigenvalue weighted by atomic mass is 16.5. The SMILES string of the molecule is COc1cc([C@@H]2[C@@H]3CN(C)CC=C3C(C#N)C(=N)C2(C#N)C#N)ccc1OCC(N)=O. The molecule has 1 amide bonds. The Labute approximate surface area is 180 Å². The summed E-state index contributed by atoms with van der Waals surface area (Å²) in [4.78, 5) is 13.1.